The number of anilines is 1. The number of aromatic nitrogens is 1. The zero-order valence-electron chi connectivity index (χ0n) is 6.59. The normalized spacial score (nSPS) is 10.6. The number of rotatable bonds is 0. The van der Waals surface area contributed by atoms with Gasteiger partial charge in [0.25, 0.3) is 0 Å². The topological polar surface area (TPSA) is 38.9 Å². The highest BCUT2D eigenvalue weighted by Gasteiger charge is 2.01. The van der Waals surface area contributed by atoms with Gasteiger partial charge in [0.1, 0.15) is 0 Å². The molecule has 0 radical (unpaired) electrons. The summed E-state index contributed by atoms with van der Waals surface area (Å²) in [7, 11) is 0. The van der Waals surface area contributed by atoms with E-state index in [2.05, 4.69) is 20.9 Å². The molecule has 2 aromatic rings. The lowest BCUT2D eigenvalue weighted by atomic mass is 10.2. The Morgan fingerprint density at radius 3 is 2.85 bits per heavy atom. The number of fused-ring (bicyclic) bond motifs is 1. The van der Waals surface area contributed by atoms with Gasteiger partial charge in [-0.3, -0.25) is 4.98 Å². The molecule has 4 heteroatoms. The number of pyridine rings is 1. The van der Waals surface area contributed by atoms with Crippen LogP contribution in [0, 0.1) is 0 Å². The van der Waals surface area contributed by atoms with Crippen LogP contribution in [0.25, 0.3) is 10.9 Å². The van der Waals surface area contributed by atoms with Gasteiger partial charge < -0.3 is 5.73 Å². The first-order chi connectivity index (χ1) is 6.16. The van der Waals surface area contributed by atoms with E-state index in [9.17, 15) is 0 Å². The van der Waals surface area contributed by atoms with E-state index in [1.165, 1.54) is 0 Å². The van der Waals surface area contributed by atoms with Crippen molar-refractivity contribution in [3.63, 3.8) is 0 Å². The van der Waals surface area contributed by atoms with Gasteiger partial charge in [-0.15, -0.1) is 0 Å². The Balaban J connectivity index is 2.86. The highest BCUT2D eigenvalue weighted by molar-refractivity contribution is 9.10. The first-order valence-corrected chi connectivity index (χ1v) is 4.84. The molecule has 1 heterocycles. The molecule has 0 fully saturated rings. The number of nitrogens with zero attached hydrogens (tertiary/aromatic N) is 1. The van der Waals surface area contributed by atoms with Crippen molar-refractivity contribution in [2.24, 2.45) is 0 Å². The maximum atomic E-state index is 5.80. The standard InChI is InChI=1S/C9H6BrClN2/c10-6-1-5-2-7(11)4-13-9(5)8(12)3-6/h1-4H,12H2. The monoisotopic (exact) mass is 256 g/mol. The minimum atomic E-state index is 0.616. The van der Waals surface area contributed by atoms with Gasteiger partial charge in [0.05, 0.1) is 16.2 Å². The third kappa shape index (κ3) is 1.62. The lowest BCUT2D eigenvalue weighted by Gasteiger charge is -2.02. The van der Waals surface area contributed by atoms with Crippen LogP contribution in [0.5, 0.6) is 0 Å². The number of nitrogen functional groups attached to an aromatic ring is 1. The lowest BCUT2D eigenvalue weighted by Crippen LogP contribution is -1.89. The molecule has 13 heavy (non-hydrogen) atoms. The van der Waals surface area contributed by atoms with E-state index in [1.54, 1.807) is 6.20 Å². The molecule has 2 rings (SSSR count). The third-order valence-electron chi connectivity index (χ3n) is 1.74. The second kappa shape index (κ2) is 3.16. The zero-order chi connectivity index (χ0) is 9.42. The molecule has 0 amide bonds. The second-order valence-electron chi connectivity index (χ2n) is 2.72. The summed E-state index contributed by atoms with van der Waals surface area (Å²) in [6.45, 7) is 0. The van der Waals surface area contributed by atoms with Crippen molar-refractivity contribution in [3.8, 4) is 0 Å². The molecule has 1 aromatic heterocycles. The van der Waals surface area contributed by atoms with Gasteiger partial charge in [-0.25, -0.2) is 0 Å². The second-order valence-corrected chi connectivity index (χ2v) is 4.07. The number of benzene rings is 1. The Labute approximate surface area is 88.8 Å². The van der Waals surface area contributed by atoms with Gasteiger partial charge in [0.15, 0.2) is 0 Å². The smallest absolute Gasteiger partial charge is 0.0933 e. The lowest BCUT2D eigenvalue weighted by molar-refractivity contribution is 1.41. The fraction of sp³-hybridized carbons (Fsp3) is 0. The van der Waals surface area contributed by atoms with Crippen LogP contribution in [-0.4, -0.2) is 4.98 Å². The predicted octanol–water partition coefficient (Wildman–Crippen LogP) is 3.23. The van der Waals surface area contributed by atoms with Gasteiger partial charge in [-0.2, -0.15) is 0 Å². The molecule has 2 N–H and O–H groups in total. The van der Waals surface area contributed by atoms with Crippen molar-refractivity contribution in [3.05, 3.63) is 33.9 Å². The fourth-order valence-corrected chi connectivity index (χ4v) is 1.87. The van der Waals surface area contributed by atoms with E-state index in [0.717, 1.165) is 15.4 Å². The minimum Gasteiger partial charge on any atom is -0.397 e. The van der Waals surface area contributed by atoms with Crippen LogP contribution < -0.4 is 5.73 Å². The van der Waals surface area contributed by atoms with Crippen molar-refractivity contribution in [2.45, 2.75) is 0 Å². The summed E-state index contributed by atoms with van der Waals surface area (Å²) in [5.41, 5.74) is 7.21. The Kier molecular flexibility index (Phi) is 2.14. The van der Waals surface area contributed by atoms with Crippen LogP contribution >= 0.6 is 27.5 Å². The molecule has 0 saturated heterocycles. The molecule has 0 spiro atoms. The fourth-order valence-electron chi connectivity index (χ4n) is 1.21. The Hall–Kier alpha value is -0.800. The van der Waals surface area contributed by atoms with Crippen molar-refractivity contribution in [1.82, 2.24) is 4.98 Å². The molecule has 1 aromatic carbocycles. The van der Waals surface area contributed by atoms with E-state index in [-0.39, 0.29) is 0 Å². The molecule has 2 nitrogen and oxygen atoms in total. The molecule has 0 aliphatic rings. The molecule has 0 aliphatic heterocycles. The SMILES string of the molecule is Nc1cc(Br)cc2cc(Cl)cnc12. The number of halogens is 2. The first kappa shape index (κ1) is 8.78. The Bertz CT molecular complexity index is 465. The molecular formula is C9H6BrClN2. The number of hydrogen-bond donors (Lipinski definition) is 1. The number of hydrogen-bond acceptors (Lipinski definition) is 2. The van der Waals surface area contributed by atoms with Crippen molar-refractivity contribution >= 4 is 44.1 Å². The van der Waals surface area contributed by atoms with Crippen LogP contribution in [0.15, 0.2) is 28.9 Å². The van der Waals surface area contributed by atoms with Crippen LogP contribution in [-0.2, 0) is 0 Å². The molecule has 66 valence electrons. The maximum absolute atomic E-state index is 5.80. The van der Waals surface area contributed by atoms with Crippen LogP contribution in [0.1, 0.15) is 0 Å². The summed E-state index contributed by atoms with van der Waals surface area (Å²) >= 11 is 9.16. The van der Waals surface area contributed by atoms with Gasteiger partial charge in [0, 0.05) is 16.1 Å². The number of nitrogens with two attached hydrogens (primary N) is 1. The summed E-state index contributed by atoms with van der Waals surface area (Å²) in [5, 5.41) is 1.56. The van der Waals surface area contributed by atoms with E-state index in [0.29, 0.717) is 10.7 Å². The zero-order valence-corrected chi connectivity index (χ0v) is 8.93. The van der Waals surface area contributed by atoms with E-state index in [4.69, 9.17) is 17.3 Å². The van der Waals surface area contributed by atoms with E-state index < -0.39 is 0 Å². The predicted molar refractivity (Wildman–Crippen MR) is 58.9 cm³/mol. The Morgan fingerprint density at radius 1 is 1.31 bits per heavy atom. The summed E-state index contributed by atoms with van der Waals surface area (Å²) in [4.78, 5) is 4.14. The van der Waals surface area contributed by atoms with E-state index >= 15 is 0 Å². The van der Waals surface area contributed by atoms with Crippen molar-refractivity contribution in [2.75, 3.05) is 5.73 Å². The van der Waals surface area contributed by atoms with Gasteiger partial charge >= 0.3 is 0 Å². The summed E-state index contributed by atoms with van der Waals surface area (Å²) in [6.07, 6.45) is 1.59. The van der Waals surface area contributed by atoms with Gasteiger partial charge in [0.2, 0.25) is 0 Å². The molecule has 0 unspecified atom stereocenters. The summed E-state index contributed by atoms with van der Waals surface area (Å²) in [5.74, 6) is 0. The largest absolute Gasteiger partial charge is 0.397 e. The molecular weight excluding hydrogens is 251 g/mol. The van der Waals surface area contributed by atoms with Crippen molar-refractivity contribution in [1.29, 1.82) is 0 Å². The molecule has 0 bridgehead atoms. The average Bonchev–Trinajstić information content (AvgIpc) is 2.02. The average molecular weight is 258 g/mol. The Morgan fingerprint density at radius 2 is 2.08 bits per heavy atom. The quantitative estimate of drug-likeness (QED) is 0.736. The van der Waals surface area contributed by atoms with Crippen LogP contribution in [0.2, 0.25) is 5.02 Å². The minimum absolute atomic E-state index is 0.616. The molecule has 0 atom stereocenters. The molecule has 0 aliphatic carbocycles. The highest BCUT2D eigenvalue weighted by atomic mass is 79.9. The summed E-state index contributed by atoms with van der Waals surface area (Å²) in [6, 6.07) is 5.60. The van der Waals surface area contributed by atoms with Gasteiger partial charge in [-0.05, 0) is 18.2 Å². The van der Waals surface area contributed by atoms with Crippen LogP contribution in [0.3, 0.4) is 0 Å². The maximum Gasteiger partial charge on any atom is 0.0933 e. The summed E-state index contributed by atoms with van der Waals surface area (Å²) < 4.78 is 0.932. The van der Waals surface area contributed by atoms with Crippen LogP contribution in [0.4, 0.5) is 5.69 Å². The highest BCUT2D eigenvalue weighted by Crippen LogP contribution is 2.26. The first-order valence-electron chi connectivity index (χ1n) is 3.67. The van der Waals surface area contributed by atoms with Gasteiger partial charge in [-0.1, -0.05) is 27.5 Å². The third-order valence-corrected chi connectivity index (χ3v) is 2.41. The molecule has 0 saturated carbocycles. The van der Waals surface area contributed by atoms with Crippen molar-refractivity contribution < 1.29 is 0 Å². The van der Waals surface area contributed by atoms with E-state index in [1.807, 2.05) is 18.2 Å².